The molecule has 1 heterocycles. The molecule has 19 heavy (non-hydrogen) atoms. The molecule has 1 aliphatic heterocycles. The van der Waals surface area contributed by atoms with Gasteiger partial charge in [-0.2, -0.15) is 0 Å². The molecule has 0 unspecified atom stereocenters. The SMILES string of the molecule is CC(C)NCC1CCN(CC(=O)N(C)C(C)C)CC1. The highest BCUT2D eigenvalue weighted by Gasteiger charge is 2.22. The molecule has 4 nitrogen and oxygen atoms in total. The summed E-state index contributed by atoms with van der Waals surface area (Å²) in [6.45, 7) is 12.3. The van der Waals surface area contributed by atoms with Crippen molar-refractivity contribution in [2.45, 2.75) is 52.6 Å². The molecule has 0 bridgehead atoms. The number of rotatable bonds is 6. The fraction of sp³-hybridized carbons (Fsp3) is 0.933. The van der Waals surface area contributed by atoms with Crippen LogP contribution in [0.2, 0.25) is 0 Å². The first kappa shape index (κ1) is 16.4. The Kier molecular flexibility index (Phi) is 6.80. The van der Waals surface area contributed by atoms with Crippen LogP contribution in [0.25, 0.3) is 0 Å². The summed E-state index contributed by atoms with van der Waals surface area (Å²) in [4.78, 5) is 16.2. The average Bonchev–Trinajstić information content (AvgIpc) is 2.36. The zero-order chi connectivity index (χ0) is 14.4. The normalized spacial score (nSPS) is 18.3. The number of nitrogens with one attached hydrogen (secondary N) is 1. The van der Waals surface area contributed by atoms with E-state index in [2.05, 4.69) is 37.9 Å². The third-order valence-electron chi connectivity index (χ3n) is 4.05. The summed E-state index contributed by atoms with van der Waals surface area (Å²) in [6.07, 6.45) is 2.41. The van der Waals surface area contributed by atoms with Gasteiger partial charge in [0.05, 0.1) is 6.54 Å². The molecule has 0 aliphatic carbocycles. The van der Waals surface area contributed by atoms with Gasteiger partial charge in [-0.3, -0.25) is 9.69 Å². The zero-order valence-electron chi connectivity index (χ0n) is 13.3. The Bertz CT molecular complexity index is 271. The predicted molar refractivity (Wildman–Crippen MR) is 80.2 cm³/mol. The number of piperidine rings is 1. The first-order valence-electron chi connectivity index (χ1n) is 7.61. The first-order valence-corrected chi connectivity index (χ1v) is 7.61. The standard InChI is InChI=1S/C15H31N3O/c1-12(2)16-10-14-6-8-18(9-7-14)11-15(19)17(5)13(3)4/h12-14,16H,6-11H2,1-5H3. The van der Waals surface area contributed by atoms with Gasteiger partial charge in [-0.15, -0.1) is 0 Å². The van der Waals surface area contributed by atoms with Gasteiger partial charge < -0.3 is 10.2 Å². The summed E-state index contributed by atoms with van der Waals surface area (Å²) in [5, 5.41) is 3.51. The highest BCUT2D eigenvalue weighted by Crippen LogP contribution is 2.16. The molecule has 1 saturated heterocycles. The second-order valence-electron chi connectivity index (χ2n) is 6.38. The van der Waals surface area contributed by atoms with E-state index in [1.807, 2.05) is 11.9 Å². The predicted octanol–water partition coefficient (Wildman–Crippen LogP) is 1.56. The smallest absolute Gasteiger partial charge is 0.236 e. The van der Waals surface area contributed by atoms with Crippen molar-refractivity contribution in [2.24, 2.45) is 5.92 Å². The van der Waals surface area contributed by atoms with Gasteiger partial charge >= 0.3 is 0 Å². The van der Waals surface area contributed by atoms with Gasteiger partial charge in [0.1, 0.15) is 0 Å². The quantitative estimate of drug-likeness (QED) is 0.795. The van der Waals surface area contributed by atoms with Gasteiger partial charge in [0.15, 0.2) is 0 Å². The van der Waals surface area contributed by atoms with Crippen LogP contribution in [0.3, 0.4) is 0 Å². The first-order chi connectivity index (χ1) is 8.90. The average molecular weight is 269 g/mol. The Hall–Kier alpha value is -0.610. The van der Waals surface area contributed by atoms with Crippen molar-refractivity contribution in [1.29, 1.82) is 0 Å². The molecule has 1 N–H and O–H groups in total. The van der Waals surface area contributed by atoms with Crippen LogP contribution in [0.4, 0.5) is 0 Å². The minimum Gasteiger partial charge on any atom is -0.342 e. The number of likely N-dealkylation sites (N-methyl/N-ethyl adjacent to an activating group) is 1. The molecule has 0 aromatic heterocycles. The Balaban J connectivity index is 2.25. The molecular formula is C15H31N3O. The molecule has 0 radical (unpaired) electrons. The third kappa shape index (κ3) is 5.91. The van der Waals surface area contributed by atoms with Crippen LogP contribution in [-0.4, -0.2) is 61.0 Å². The van der Waals surface area contributed by atoms with Gasteiger partial charge in [-0.25, -0.2) is 0 Å². The van der Waals surface area contributed by atoms with Gasteiger partial charge in [-0.1, -0.05) is 13.8 Å². The van der Waals surface area contributed by atoms with Crippen molar-refractivity contribution in [3.8, 4) is 0 Å². The van der Waals surface area contributed by atoms with Crippen LogP contribution in [0.5, 0.6) is 0 Å². The molecule has 1 fully saturated rings. The number of carbonyl (C=O) groups excluding carboxylic acids is 1. The van der Waals surface area contributed by atoms with Crippen LogP contribution in [-0.2, 0) is 4.79 Å². The van der Waals surface area contributed by atoms with E-state index >= 15 is 0 Å². The van der Waals surface area contributed by atoms with Gasteiger partial charge in [0, 0.05) is 19.1 Å². The fourth-order valence-corrected chi connectivity index (χ4v) is 2.34. The summed E-state index contributed by atoms with van der Waals surface area (Å²) >= 11 is 0. The largest absolute Gasteiger partial charge is 0.342 e. The molecule has 0 spiro atoms. The highest BCUT2D eigenvalue weighted by molar-refractivity contribution is 5.78. The highest BCUT2D eigenvalue weighted by atomic mass is 16.2. The van der Waals surface area contributed by atoms with Crippen molar-refractivity contribution < 1.29 is 4.79 Å². The van der Waals surface area contributed by atoms with E-state index in [4.69, 9.17) is 0 Å². The van der Waals surface area contributed by atoms with Crippen molar-refractivity contribution in [3.63, 3.8) is 0 Å². The van der Waals surface area contributed by atoms with Crippen LogP contribution < -0.4 is 5.32 Å². The van der Waals surface area contributed by atoms with E-state index in [0.717, 1.165) is 25.6 Å². The summed E-state index contributed by atoms with van der Waals surface area (Å²) < 4.78 is 0. The lowest BCUT2D eigenvalue weighted by atomic mass is 9.96. The minimum atomic E-state index is 0.244. The van der Waals surface area contributed by atoms with E-state index < -0.39 is 0 Å². The molecular weight excluding hydrogens is 238 g/mol. The molecule has 1 amide bonds. The molecule has 0 atom stereocenters. The molecule has 1 rings (SSSR count). The zero-order valence-corrected chi connectivity index (χ0v) is 13.3. The van der Waals surface area contributed by atoms with Gasteiger partial charge in [0.25, 0.3) is 0 Å². The number of hydrogen-bond acceptors (Lipinski definition) is 3. The molecule has 0 saturated carbocycles. The molecule has 1 aliphatic rings. The monoisotopic (exact) mass is 269 g/mol. The molecule has 0 aromatic rings. The van der Waals surface area contributed by atoms with E-state index in [-0.39, 0.29) is 5.91 Å². The summed E-state index contributed by atoms with van der Waals surface area (Å²) in [5.41, 5.74) is 0. The summed E-state index contributed by atoms with van der Waals surface area (Å²) in [6, 6.07) is 0.861. The number of nitrogens with zero attached hydrogens (tertiary/aromatic N) is 2. The lowest BCUT2D eigenvalue weighted by molar-refractivity contribution is -0.132. The summed E-state index contributed by atoms with van der Waals surface area (Å²) in [5.74, 6) is 1.02. The summed E-state index contributed by atoms with van der Waals surface area (Å²) in [7, 11) is 1.90. The third-order valence-corrected chi connectivity index (χ3v) is 4.05. The minimum absolute atomic E-state index is 0.244. The molecule has 112 valence electrons. The van der Waals surface area contributed by atoms with Crippen molar-refractivity contribution in [1.82, 2.24) is 15.1 Å². The van der Waals surface area contributed by atoms with Crippen LogP contribution in [0, 0.1) is 5.92 Å². The topological polar surface area (TPSA) is 35.6 Å². The second-order valence-corrected chi connectivity index (χ2v) is 6.38. The number of likely N-dealkylation sites (tertiary alicyclic amines) is 1. The van der Waals surface area contributed by atoms with Gasteiger partial charge in [0.2, 0.25) is 5.91 Å². The maximum absolute atomic E-state index is 12.0. The number of amides is 1. The van der Waals surface area contributed by atoms with Crippen molar-refractivity contribution in [2.75, 3.05) is 33.2 Å². The lowest BCUT2D eigenvalue weighted by Crippen LogP contribution is -2.45. The Morgan fingerprint density at radius 1 is 1.26 bits per heavy atom. The van der Waals surface area contributed by atoms with E-state index in [9.17, 15) is 4.79 Å². The van der Waals surface area contributed by atoms with E-state index in [1.165, 1.54) is 12.8 Å². The molecule has 4 heteroatoms. The Morgan fingerprint density at radius 3 is 2.32 bits per heavy atom. The van der Waals surface area contributed by atoms with E-state index in [1.54, 1.807) is 0 Å². The maximum Gasteiger partial charge on any atom is 0.236 e. The van der Waals surface area contributed by atoms with Crippen molar-refractivity contribution >= 4 is 5.91 Å². The van der Waals surface area contributed by atoms with E-state index in [0.29, 0.717) is 18.6 Å². The lowest BCUT2D eigenvalue weighted by Gasteiger charge is -2.33. The van der Waals surface area contributed by atoms with Crippen LogP contribution >= 0.6 is 0 Å². The maximum atomic E-state index is 12.0. The molecule has 0 aromatic carbocycles. The number of carbonyl (C=O) groups is 1. The van der Waals surface area contributed by atoms with Crippen LogP contribution in [0.1, 0.15) is 40.5 Å². The number of hydrogen-bond donors (Lipinski definition) is 1. The Morgan fingerprint density at radius 2 is 1.84 bits per heavy atom. The Labute approximate surface area is 118 Å². The van der Waals surface area contributed by atoms with Crippen molar-refractivity contribution in [3.05, 3.63) is 0 Å². The second kappa shape index (κ2) is 7.85. The fourth-order valence-electron chi connectivity index (χ4n) is 2.34. The van der Waals surface area contributed by atoms with Crippen LogP contribution in [0.15, 0.2) is 0 Å². The van der Waals surface area contributed by atoms with Gasteiger partial charge in [-0.05, 0) is 52.2 Å².